The van der Waals surface area contributed by atoms with Gasteiger partial charge in [-0.1, -0.05) is 18.5 Å². The molecule has 4 nitrogen and oxygen atoms in total. The van der Waals surface area contributed by atoms with Crippen molar-refractivity contribution in [3.8, 4) is 0 Å². The number of imide groups is 1. The highest BCUT2D eigenvalue weighted by Gasteiger charge is 2.39. The minimum absolute atomic E-state index is 0.0153. The Morgan fingerprint density at radius 2 is 2.33 bits per heavy atom. The minimum Gasteiger partial charge on any atom is -0.286 e. The van der Waals surface area contributed by atoms with Crippen LogP contribution in [-0.2, 0) is 4.79 Å². The van der Waals surface area contributed by atoms with E-state index in [0.717, 1.165) is 0 Å². The highest BCUT2D eigenvalue weighted by molar-refractivity contribution is 9.10. The van der Waals surface area contributed by atoms with E-state index in [1.807, 2.05) is 6.92 Å². The van der Waals surface area contributed by atoms with Crippen LogP contribution < -0.4 is 5.32 Å². The van der Waals surface area contributed by atoms with Crippen molar-refractivity contribution in [3.63, 3.8) is 0 Å². The Balaban J connectivity index is 2.76. The van der Waals surface area contributed by atoms with Gasteiger partial charge < -0.3 is 0 Å². The van der Waals surface area contributed by atoms with E-state index < -0.39 is 9.94 Å². The first-order valence-corrected chi connectivity index (χ1v) is 4.63. The Hall–Kier alpha value is -0.290. The Labute approximate surface area is 83.4 Å². The molecule has 1 aliphatic heterocycles. The molecule has 0 aromatic heterocycles. The number of alkyl halides is 2. The fourth-order valence-corrected chi connectivity index (χ4v) is 1.32. The maximum atomic E-state index is 11.1. The lowest BCUT2D eigenvalue weighted by atomic mass is 10.4. The van der Waals surface area contributed by atoms with Crippen molar-refractivity contribution in [2.75, 3.05) is 6.54 Å². The summed E-state index contributed by atoms with van der Waals surface area (Å²) in [5, 5.41) is 2.14. The van der Waals surface area contributed by atoms with Crippen LogP contribution in [0.3, 0.4) is 0 Å². The standard InChI is InChI=1S/C6H8BrClN2O2/c1-2-6(7,8)10-3-4(11)9-5(10)12/h2-3H2,1H3,(H,9,11,12). The fourth-order valence-electron chi connectivity index (χ4n) is 0.897. The number of urea groups is 1. The zero-order valence-corrected chi connectivity index (χ0v) is 8.78. The molecule has 0 aromatic rings. The quantitative estimate of drug-likeness (QED) is 0.458. The molecular formula is C6H8BrClN2O2. The van der Waals surface area contributed by atoms with Crippen molar-refractivity contribution in [2.24, 2.45) is 0 Å². The molecular weight excluding hydrogens is 247 g/mol. The van der Waals surface area contributed by atoms with E-state index in [0.29, 0.717) is 6.42 Å². The average molecular weight is 255 g/mol. The molecule has 0 spiro atoms. The van der Waals surface area contributed by atoms with Gasteiger partial charge in [0.05, 0.1) is 0 Å². The first-order valence-electron chi connectivity index (χ1n) is 3.46. The van der Waals surface area contributed by atoms with Crippen molar-refractivity contribution in [3.05, 3.63) is 0 Å². The number of nitrogens with one attached hydrogen (secondary N) is 1. The summed E-state index contributed by atoms with van der Waals surface area (Å²) in [5.74, 6) is -0.321. The van der Waals surface area contributed by atoms with Gasteiger partial charge in [0.25, 0.3) is 0 Å². The topological polar surface area (TPSA) is 49.4 Å². The highest BCUT2D eigenvalue weighted by atomic mass is 79.9. The van der Waals surface area contributed by atoms with Crippen LogP contribution in [0.5, 0.6) is 0 Å². The number of halogens is 2. The lowest BCUT2D eigenvalue weighted by molar-refractivity contribution is -0.118. The third kappa shape index (κ3) is 1.72. The van der Waals surface area contributed by atoms with E-state index in [1.165, 1.54) is 4.90 Å². The van der Waals surface area contributed by atoms with Gasteiger partial charge in [-0.15, -0.1) is 0 Å². The van der Waals surface area contributed by atoms with Crippen molar-refractivity contribution in [2.45, 2.75) is 17.3 Å². The normalized spacial score (nSPS) is 22.4. The molecule has 1 heterocycles. The van der Waals surface area contributed by atoms with Crippen molar-refractivity contribution in [1.82, 2.24) is 10.2 Å². The van der Waals surface area contributed by atoms with Crippen LogP contribution in [0.2, 0.25) is 0 Å². The number of carbonyl (C=O) groups is 2. The van der Waals surface area contributed by atoms with Crippen LogP contribution in [0.1, 0.15) is 13.3 Å². The third-order valence-corrected chi connectivity index (χ3v) is 3.07. The summed E-state index contributed by atoms with van der Waals surface area (Å²) < 4.78 is -0.941. The van der Waals surface area contributed by atoms with Crippen molar-refractivity contribution >= 4 is 39.5 Å². The van der Waals surface area contributed by atoms with E-state index in [9.17, 15) is 9.59 Å². The van der Waals surface area contributed by atoms with Crippen LogP contribution in [0, 0.1) is 0 Å². The summed E-state index contributed by atoms with van der Waals surface area (Å²) in [4.78, 5) is 23.1. The van der Waals surface area contributed by atoms with E-state index in [4.69, 9.17) is 11.6 Å². The fraction of sp³-hybridized carbons (Fsp3) is 0.667. The van der Waals surface area contributed by atoms with Gasteiger partial charge in [0, 0.05) is 0 Å². The Bertz CT molecular complexity index is 232. The molecule has 1 rings (SSSR count). The van der Waals surface area contributed by atoms with Gasteiger partial charge in [-0.05, 0) is 22.4 Å². The smallest absolute Gasteiger partial charge is 0.286 e. The molecule has 0 bridgehead atoms. The zero-order chi connectivity index (χ0) is 9.35. The highest BCUT2D eigenvalue weighted by Crippen LogP contribution is 2.32. The molecule has 6 heteroatoms. The van der Waals surface area contributed by atoms with Gasteiger partial charge in [0.2, 0.25) is 5.91 Å². The molecule has 3 amide bonds. The number of amides is 3. The number of nitrogens with zero attached hydrogens (tertiary/aromatic N) is 1. The lowest BCUT2D eigenvalue weighted by Crippen LogP contribution is -2.41. The second-order valence-electron chi connectivity index (χ2n) is 2.46. The molecule has 1 saturated heterocycles. The maximum absolute atomic E-state index is 11.1. The van der Waals surface area contributed by atoms with Gasteiger partial charge in [0.15, 0.2) is 3.91 Å². The van der Waals surface area contributed by atoms with Crippen molar-refractivity contribution in [1.29, 1.82) is 0 Å². The first-order chi connectivity index (χ1) is 5.47. The molecule has 12 heavy (non-hydrogen) atoms. The summed E-state index contributed by atoms with van der Waals surface area (Å²) >= 11 is 9.07. The Kier molecular flexibility index (Phi) is 2.63. The summed E-state index contributed by atoms with van der Waals surface area (Å²) in [5.41, 5.74) is 0. The SMILES string of the molecule is CCC(Cl)(Br)N1CC(=O)NC1=O. The van der Waals surface area contributed by atoms with Crippen LogP contribution in [-0.4, -0.2) is 27.3 Å². The largest absolute Gasteiger partial charge is 0.326 e. The third-order valence-electron chi connectivity index (χ3n) is 1.61. The molecule has 0 saturated carbocycles. The molecule has 1 N–H and O–H groups in total. The van der Waals surface area contributed by atoms with Crippen LogP contribution >= 0.6 is 27.5 Å². The van der Waals surface area contributed by atoms with Crippen LogP contribution in [0.15, 0.2) is 0 Å². The van der Waals surface area contributed by atoms with Gasteiger partial charge in [0.1, 0.15) is 6.54 Å². The number of hydrogen-bond acceptors (Lipinski definition) is 2. The molecule has 1 atom stereocenters. The van der Waals surface area contributed by atoms with E-state index in [1.54, 1.807) is 0 Å². The number of carbonyl (C=O) groups excluding carboxylic acids is 2. The van der Waals surface area contributed by atoms with Crippen LogP contribution in [0.25, 0.3) is 0 Å². The second-order valence-corrected chi connectivity index (χ2v) is 4.85. The molecule has 1 unspecified atom stereocenters. The molecule has 1 fully saturated rings. The van der Waals surface area contributed by atoms with E-state index in [-0.39, 0.29) is 12.5 Å². The summed E-state index contributed by atoms with van der Waals surface area (Å²) in [7, 11) is 0. The van der Waals surface area contributed by atoms with Gasteiger partial charge in [-0.25, -0.2) is 4.79 Å². The first kappa shape index (κ1) is 9.80. The van der Waals surface area contributed by atoms with Gasteiger partial charge >= 0.3 is 6.03 Å². The van der Waals surface area contributed by atoms with Crippen molar-refractivity contribution < 1.29 is 9.59 Å². The molecule has 0 aromatic carbocycles. The molecule has 0 aliphatic carbocycles. The minimum atomic E-state index is -0.941. The number of rotatable bonds is 2. The summed E-state index contributed by atoms with van der Waals surface area (Å²) in [6, 6.07) is -0.450. The Morgan fingerprint density at radius 3 is 2.67 bits per heavy atom. The van der Waals surface area contributed by atoms with Crippen LogP contribution in [0.4, 0.5) is 4.79 Å². The monoisotopic (exact) mass is 254 g/mol. The van der Waals surface area contributed by atoms with Gasteiger partial charge in [-0.3, -0.25) is 15.0 Å². The molecule has 1 aliphatic rings. The maximum Gasteiger partial charge on any atom is 0.326 e. The average Bonchev–Trinajstić information content (AvgIpc) is 2.31. The Morgan fingerprint density at radius 1 is 1.75 bits per heavy atom. The summed E-state index contributed by atoms with van der Waals surface area (Å²) in [6.07, 6.45) is 0.523. The second kappa shape index (κ2) is 3.22. The zero-order valence-electron chi connectivity index (χ0n) is 6.43. The van der Waals surface area contributed by atoms with Gasteiger partial charge in [-0.2, -0.15) is 0 Å². The predicted molar refractivity (Wildman–Crippen MR) is 48.0 cm³/mol. The predicted octanol–water partition coefficient (Wildman–Crippen LogP) is 1.24. The summed E-state index contributed by atoms with van der Waals surface area (Å²) in [6.45, 7) is 1.83. The molecule has 0 radical (unpaired) electrons. The lowest BCUT2D eigenvalue weighted by Gasteiger charge is -2.27. The van der Waals surface area contributed by atoms with E-state index in [2.05, 4.69) is 21.2 Å². The molecule has 68 valence electrons. The van der Waals surface area contributed by atoms with E-state index >= 15 is 0 Å². The number of hydrogen-bond donors (Lipinski definition) is 1.